The van der Waals surface area contributed by atoms with Crippen LogP contribution in [0.1, 0.15) is 15.2 Å². The molecule has 0 aliphatic rings. The van der Waals surface area contributed by atoms with Gasteiger partial charge in [-0.05, 0) is 41.3 Å². The lowest BCUT2D eigenvalue weighted by Crippen LogP contribution is -1.99. The van der Waals surface area contributed by atoms with Gasteiger partial charge in [-0.1, -0.05) is 53.5 Å². The summed E-state index contributed by atoms with van der Waals surface area (Å²) in [6, 6.07) is 12.4. The predicted molar refractivity (Wildman–Crippen MR) is 96.7 cm³/mol. The van der Waals surface area contributed by atoms with Gasteiger partial charge in [0, 0.05) is 15.3 Å². The van der Waals surface area contributed by atoms with Crippen LogP contribution in [-0.2, 0) is 0 Å². The largest absolute Gasteiger partial charge is 0.288 e. The summed E-state index contributed by atoms with van der Waals surface area (Å²) >= 11 is 19.3. The van der Waals surface area contributed by atoms with Crippen molar-refractivity contribution in [2.24, 2.45) is 0 Å². The Morgan fingerprint density at radius 2 is 1.73 bits per heavy atom. The Morgan fingerprint density at radius 1 is 0.955 bits per heavy atom. The van der Waals surface area contributed by atoms with E-state index in [1.54, 1.807) is 24.3 Å². The molecule has 0 amide bonds. The smallest absolute Gasteiger partial charge is 0.202 e. The Hall–Kier alpha value is -1.32. The number of carbonyl (C=O) groups excluding carboxylic acids is 1. The summed E-state index contributed by atoms with van der Waals surface area (Å²) in [4.78, 5) is 13.2. The van der Waals surface area contributed by atoms with Crippen LogP contribution in [0.25, 0.3) is 15.7 Å². The van der Waals surface area contributed by atoms with Crippen molar-refractivity contribution in [3.05, 3.63) is 74.6 Å². The highest BCUT2D eigenvalue weighted by molar-refractivity contribution is 7.21. The van der Waals surface area contributed by atoms with Gasteiger partial charge in [0.05, 0.1) is 14.9 Å². The van der Waals surface area contributed by atoms with E-state index in [1.165, 1.54) is 11.3 Å². The van der Waals surface area contributed by atoms with E-state index >= 15 is 0 Å². The molecule has 0 fully saturated rings. The maximum Gasteiger partial charge on any atom is 0.202 e. The zero-order valence-electron chi connectivity index (χ0n) is 11.2. The van der Waals surface area contributed by atoms with Gasteiger partial charge in [0.15, 0.2) is 0 Å². The summed E-state index contributed by atoms with van der Waals surface area (Å²) < 4.78 is 0.970. The maximum atomic E-state index is 12.6. The van der Waals surface area contributed by atoms with Crippen molar-refractivity contribution in [2.75, 3.05) is 0 Å². The van der Waals surface area contributed by atoms with Crippen molar-refractivity contribution < 1.29 is 4.79 Å². The Bertz CT molecular complexity index is 911. The molecule has 0 aliphatic heterocycles. The van der Waals surface area contributed by atoms with E-state index in [9.17, 15) is 4.79 Å². The molecule has 0 unspecified atom stereocenters. The molecule has 0 saturated heterocycles. The number of rotatable bonds is 3. The number of thiophene rings is 1. The summed E-state index contributed by atoms with van der Waals surface area (Å²) in [7, 11) is 0. The average Bonchev–Trinajstić information content (AvgIpc) is 2.91. The first-order chi connectivity index (χ1) is 10.5. The number of ketones is 1. The van der Waals surface area contributed by atoms with Crippen LogP contribution in [0.3, 0.4) is 0 Å². The molecule has 3 aromatic rings. The normalized spacial score (nSPS) is 10.9. The molecule has 1 nitrogen and oxygen atoms in total. The number of hydrogen-bond donors (Lipinski definition) is 0. The number of allylic oxidation sites excluding steroid dienone is 1. The lowest BCUT2D eigenvalue weighted by Gasteiger charge is -2.05. The molecule has 0 atom stereocenters. The topological polar surface area (TPSA) is 17.1 Å². The van der Waals surface area contributed by atoms with E-state index in [1.807, 2.05) is 18.2 Å². The minimum atomic E-state index is -0.129. The highest BCUT2D eigenvalue weighted by Crippen LogP contribution is 2.32. The first-order valence-corrected chi connectivity index (χ1v) is 8.29. The number of halogens is 3. The minimum absolute atomic E-state index is 0.129. The second-order valence-electron chi connectivity index (χ2n) is 4.73. The van der Waals surface area contributed by atoms with Crippen molar-refractivity contribution in [1.29, 1.82) is 0 Å². The molecule has 0 N–H and O–H groups in total. The molecule has 22 heavy (non-hydrogen) atoms. The van der Waals surface area contributed by atoms with Gasteiger partial charge in [-0.3, -0.25) is 4.79 Å². The van der Waals surface area contributed by atoms with E-state index in [0.29, 0.717) is 31.1 Å². The van der Waals surface area contributed by atoms with Gasteiger partial charge >= 0.3 is 0 Å². The van der Waals surface area contributed by atoms with Gasteiger partial charge in [0.25, 0.3) is 0 Å². The fourth-order valence-electron chi connectivity index (χ4n) is 2.08. The molecule has 1 aromatic heterocycles. The van der Waals surface area contributed by atoms with Gasteiger partial charge in [-0.25, -0.2) is 0 Å². The highest BCUT2D eigenvalue weighted by Gasteiger charge is 2.16. The Morgan fingerprint density at radius 3 is 2.45 bits per heavy atom. The summed E-state index contributed by atoms with van der Waals surface area (Å²) in [5.74, 6) is -0.129. The van der Waals surface area contributed by atoms with E-state index in [0.717, 1.165) is 10.1 Å². The summed E-state index contributed by atoms with van der Waals surface area (Å²) in [5.41, 5.74) is 1.05. The molecule has 3 rings (SSSR count). The second-order valence-corrected chi connectivity index (χ2v) is 7.06. The summed E-state index contributed by atoms with van der Waals surface area (Å²) in [5, 5.41) is 2.48. The van der Waals surface area contributed by atoms with Gasteiger partial charge in [-0.15, -0.1) is 11.3 Å². The molecule has 0 radical (unpaired) electrons. The second kappa shape index (κ2) is 6.05. The van der Waals surface area contributed by atoms with Crippen LogP contribution in [0.2, 0.25) is 15.1 Å². The summed E-state index contributed by atoms with van der Waals surface area (Å²) in [6.45, 7) is 3.89. The Balaban J connectivity index is 1.97. The Labute approximate surface area is 146 Å². The number of Topliss-reactive ketones (excluding diaryl/α,β-unsaturated/α-hetero) is 1. The molecule has 0 spiro atoms. The van der Waals surface area contributed by atoms with Crippen molar-refractivity contribution in [3.63, 3.8) is 0 Å². The standard InChI is InChI=1S/C17H9Cl3OS/c1-9(10-3-5-13(19)14(20)6-10)17(21)16-7-11-2-4-12(18)8-15(11)22-16/h2-8H,1H2. The van der Waals surface area contributed by atoms with Gasteiger partial charge in [-0.2, -0.15) is 0 Å². The van der Waals surface area contributed by atoms with Crippen LogP contribution >= 0.6 is 46.1 Å². The van der Waals surface area contributed by atoms with Crippen molar-refractivity contribution >= 4 is 67.6 Å². The Kier molecular flexibility index (Phi) is 4.28. The third kappa shape index (κ3) is 2.92. The molecule has 2 aromatic carbocycles. The average molecular weight is 368 g/mol. The molecule has 110 valence electrons. The van der Waals surface area contributed by atoms with Crippen LogP contribution in [0.4, 0.5) is 0 Å². The zero-order valence-corrected chi connectivity index (χ0v) is 14.3. The lowest BCUT2D eigenvalue weighted by atomic mass is 10.0. The highest BCUT2D eigenvalue weighted by atomic mass is 35.5. The van der Waals surface area contributed by atoms with Gasteiger partial charge in [0.2, 0.25) is 5.78 Å². The first kappa shape index (κ1) is 15.6. The number of carbonyl (C=O) groups is 1. The van der Waals surface area contributed by atoms with E-state index in [2.05, 4.69) is 6.58 Å². The van der Waals surface area contributed by atoms with E-state index < -0.39 is 0 Å². The first-order valence-electron chi connectivity index (χ1n) is 6.34. The third-order valence-electron chi connectivity index (χ3n) is 3.25. The number of benzene rings is 2. The molecule has 1 heterocycles. The van der Waals surface area contributed by atoms with Crippen molar-refractivity contribution in [3.8, 4) is 0 Å². The van der Waals surface area contributed by atoms with Gasteiger partial charge < -0.3 is 0 Å². The van der Waals surface area contributed by atoms with Crippen LogP contribution in [0.15, 0.2) is 49.0 Å². The van der Waals surface area contributed by atoms with Crippen LogP contribution in [-0.4, -0.2) is 5.78 Å². The molecule has 0 aliphatic carbocycles. The predicted octanol–water partition coefficient (Wildman–Crippen LogP) is 6.76. The fraction of sp³-hybridized carbons (Fsp3) is 0. The monoisotopic (exact) mass is 366 g/mol. The van der Waals surface area contributed by atoms with Crippen LogP contribution in [0, 0.1) is 0 Å². The quantitative estimate of drug-likeness (QED) is 0.369. The molecule has 5 heteroatoms. The molecular weight excluding hydrogens is 359 g/mol. The number of hydrogen-bond acceptors (Lipinski definition) is 2. The number of fused-ring (bicyclic) bond motifs is 1. The van der Waals surface area contributed by atoms with Gasteiger partial charge in [0.1, 0.15) is 0 Å². The fourth-order valence-corrected chi connectivity index (χ4v) is 3.68. The van der Waals surface area contributed by atoms with Crippen LogP contribution < -0.4 is 0 Å². The van der Waals surface area contributed by atoms with Crippen molar-refractivity contribution in [1.82, 2.24) is 0 Å². The summed E-state index contributed by atoms with van der Waals surface area (Å²) in [6.07, 6.45) is 0. The lowest BCUT2D eigenvalue weighted by molar-refractivity contribution is 0.106. The SMILES string of the molecule is C=C(C(=O)c1cc2ccc(Cl)cc2s1)c1ccc(Cl)c(Cl)c1. The van der Waals surface area contributed by atoms with E-state index in [4.69, 9.17) is 34.8 Å². The van der Waals surface area contributed by atoms with Crippen LogP contribution in [0.5, 0.6) is 0 Å². The third-order valence-corrected chi connectivity index (χ3v) is 5.32. The maximum absolute atomic E-state index is 12.6. The van der Waals surface area contributed by atoms with Crippen molar-refractivity contribution in [2.45, 2.75) is 0 Å². The minimum Gasteiger partial charge on any atom is -0.288 e. The molecular formula is C17H9Cl3OS. The molecule has 0 saturated carbocycles. The van der Waals surface area contributed by atoms with E-state index in [-0.39, 0.29) is 5.78 Å². The molecule has 0 bridgehead atoms. The zero-order chi connectivity index (χ0) is 15.9.